The first kappa shape index (κ1) is 19.1. The molecular weight excluding hydrogens is 409 g/mol. The average molecular weight is 431 g/mol. The van der Waals surface area contributed by atoms with Gasteiger partial charge in [-0.2, -0.15) is 5.10 Å². The van der Waals surface area contributed by atoms with Crippen molar-refractivity contribution in [3.05, 3.63) is 72.3 Å². The lowest BCUT2D eigenvalue weighted by Crippen LogP contribution is -2.46. The first-order valence-corrected chi connectivity index (χ1v) is 10.7. The Labute approximate surface area is 184 Å². The summed E-state index contributed by atoms with van der Waals surface area (Å²) >= 11 is 0. The van der Waals surface area contributed by atoms with E-state index in [1.165, 1.54) is 17.7 Å². The number of aromatic nitrogens is 3. The largest absolute Gasteiger partial charge is 0.454 e. The molecule has 0 atom stereocenters. The van der Waals surface area contributed by atoms with Crippen LogP contribution < -0.4 is 14.4 Å². The maximum atomic E-state index is 13.3. The molecule has 32 heavy (non-hydrogen) atoms. The highest BCUT2D eigenvalue weighted by molar-refractivity contribution is 5.75. The van der Waals surface area contributed by atoms with Gasteiger partial charge in [-0.15, -0.1) is 0 Å². The van der Waals surface area contributed by atoms with Gasteiger partial charge in [0.25, 0.3) is 0 Å². The van der Waals surface area contributed by atoms with Crippen molar-refractivity contribution in [2.45, 2.75) is 6.54 Å². The van der Waals surface area contributed by atoms with Crippen molar-refractivity contribution in [1.29, 1.82) is 0 Å². The standard InChI is InChI=1S/C24H22FN5O2/c25-19-4-2-18(3-5-19)20-14-21-24(26-7-8-30(21)27-20)29-11-9-28(10-12-29)15-17-1-6-22-23(13-17)32-16-31-22/h1-8,13-14H,9-12,15-16H2. The highest BCUT2D eigenvalue weighted by atomic mass is 19.1. The van der Waals surface area contributed by atoms with Crippen LogP contribution in [0.4, 0.5) is 10.2 Å². The van der Waals surface area contributed by atoms with E-state index < -0.39 is 0 Å². The molecule has 0 spiro atoms. The maximum Gasteiger partial charge on any atom is 0.231 e. The summed E-state index contributed by atoms with van der Waals surface area (Å²) in [4.78, 5) is 9.40. The maximum absolute atomic E-state index is 13.3. The summed E-state index contributed by atoms with van der Waals surface area (Å²) in [6, 6.07) is 14.6. The minimum Gasteiger partial charge on any atom is -0.454 e. The van der Waals surface area contributed by atoms with E-state index >= 15 is 0 Å². The Morgan fingerprint density at radius 2 is 1.72 bits per heavy atom. The molecule has 0 radical (unpaired) electrons. The van der Waals surface area contributed by atoms with Crippen molar-refractivity contribution in [3.63, 3.8) is 0 Å². The van der Waals surface area contributed by atoms with Crippen molar-refractivity contribution in [2.75, 3.05) is 37.9 Å². The van der Waals surface area contributed by atoms with E-state index in [0.717, 1.165) is 66.8 Å². The number of piperazine rings is 1. The number of rotatable bonds is 4. The molecule has 0 aliphatic carbocycles. The molecule has 7 nitrogen and oxygen atoms in total. The van der Waals surface area contributed by atoms with Gasteiger partial charge < -0.3 is 14.4 Å². The van der Waals surface area contributed by atoms with Gasteiger partial charge in [-0.1, -0.05) is 6.07 Å². The zero-order valence-electron chi connectivity index (χ0n) is 17.4. The number of halogens is 1. The normalized spacial score (nSPS) is 16.1. The number of hydrogen-bond acceptors (Lipinski definition) is 6. The Morgan fingerprint density at radius 1 is 0.906 bits per heavy atom. The van der Waals surface area contributed by atoms with E-state index in [0.29, 0.717) is 6.79 Å². The van der Waals surface area contributed by atoms with Crippen molar-refractivity contribution in [2.24, 2.45) is 0 Å². The number of ether oxygens (including phenoxy) is 2. The van der Waals surface area contributed by atoms with Gasteiger partial charge in [0.15, 0.2) is 17.3 Å². The molecule has 0 bridgehead atoms. The summed E-state index contributed by atoms with van der Waals surface area (Å²) in [6.07, 6.45) is 3.63. The Balaban J connectivity index is 1.17. The summed E-state index contributed by atoms with van der Waals surface area (Å²) in [5, 5.41) is 4.66. The SMILES string of the molecule is Fc1ccc(-c2cc3c(N4CCN(Cc5ccc6c(c5)OCO6)CC4)nccn3n2)cc1. The molecule has 0 N–H and O–H groups in total. The molecule has 2 aromatic carbocycles. The van der Waals surface area contributed by atoms with Crippen LogP contribution in [0, 0.1) is 5.82 Å². The Morgan fingerprint density at radius 3 is 2.56 bits per heavy atom. The molecule has 0 amide bonds. The minimum atomic E-state index is -0.251. The third-order valence-corrected chi connectivity index (χ3v) is 6.02. The third kappa shape index (κ3) is 3.52. The first-order valence-electron chi connectivity index (χ1n) is 10.7. The number of nitrogens with zero attached hydrogens (tertiary/aromatic N) is 5. The van der Waals surface area contributed by atoms with Crippen LogP contribution in [-0.4, -0.2) is 52.5 Å². The van der Waals surface area contributed by atoms with Crippen molar-refractivity contribution >= 4 is 11.3 Å². The van der Waals surface area contributed by atoms with Gasteiger partial charge >= 0.3 is 0 Å². The molecule has 162 valence electrons. The van der Waals surface area contributed by atoms with Crippen molar-refractivity contribution in [1.82, 2.24) is 19.5 Å². The fourth-order valence-electron chi connectivity index (χ4n) is 4.33. The van der Waals surface area contributed by atoms with Crippen LogP contribution >= 0.6 is 0 Å². The van der Waals surface area contributed by atoms with E-state index in [9.17, 15) is 4.39 Å². The molecule has 1 fully saturated rings. The van der Waals surface area contributed by atoms with Crippen LogP contribution in [0.2, 0.25) is 0 Å². The quantitative estimate of drug-likeness (QED) is 0.492. The second-order valence-electron chi connectivity index (χ2n) is 8.07. The zero-order chi connectivity index (χ0) is 21.5. The minimum absolute atomic E-state index is 0.251. The lowest BCUT2D eigenvalue weighted by molar-refractivity contribution is 0.174. The van der Waals surface area contributed by atoms with Crippen molar-refractivity contribution < 1.29 is 13.9 Å². The lowest BCUT2D eigenvalue weighted by Gasteiger charge is -2.35. The number of benzene rings is 2. The Kier molecular flexibility index (Phi) is 4.65. The first-order chi connectivity index (χ1) is 15.7. The Bertz CT molecular complexity index is 1270. The van der Waals surface area contributed by atoms with Gasteiger partial charge in [0, 0.05) is 50.7 Å². The lowest BCUT2D eigenvalue weighted by atomic mass is 10.1. The molecule has 6 rings (SSSR count). The molecule has 1 saturated heterocycles. The van der Waals surface area contributed by atoms with E-state index in [1.807, 2.05) is 22.8 Å². The van der Waals surface area contributed by atoms with E-state index in [-0.39, 0.29) is 5.82 Å². The van der Waals surface area contributed by atoms with Crippen molar-refractivity contribution in [3.8, 4) is 22.8 Å². The van der Waals surface area contributed by atoms with Gasteiger partial charge in [-0.05, 0) is 48.0 Å². The predicted molar refractivity (Wildman–Crippen MR) is 118 cm³/mol. The zero-order valence-corrected chi connectivity index (χ0v) is 17.4. The number of hydrogen-bond donors (Lipinski definition) is 0. The molecule has 4 heterocycles. The summed E-state index contributed by atoms with van der Waals surface area (Å²) < 4.78 is 26.0. The molecule has 2 aromatic heterocycles. The van der Waals surface area contributed by atoms with Crippen LogP contribution in [0.3, 0.4) is 0 Å². The van der Waals surface area contributed by atoms with E-state index in [4.69, 9.17) is 9.47 Å². The molecule has 4 aromatic rings. The van der Waals surface area contributed by atoms with Crippen LogP contribution in [0.25, 0.3) is 16.8 Å². The van der Waals surface area contributed by atoms with Crippen LogP contribution in [0.15, 0.2) is 60.9 Å². The summed E-state index contributed by atoms with van der Waals surface area (Å²) in [6.45, 7) is 4.83. The average Bonchev–Trinajstić information content (AvgIpc) is 3.46. The van der Waals surface area contributed by atoms with Crippen LogP contribution in [0.5, 0.6) is 11.5 Å². The van der Waals surface area contributed by atoms with E-state index in [1.54, 1.807) is 18.3 Å². The third-order valence-electron chi connectivity index (χ3n) is 6.02. The van der Waals surface area contributed by atoms with Gasteiger partial charge in [0.05, 0.1) is 5.69 Å². The monoisotopic (exact) mass is 431 g/mol. The van der Waals surface area contributed by atoms with E-state index in [2.05, 4.69) is 32.0 Å². The molecule has 0 saturated carbocycles. The summed E-state index contributed by atoms with van der Waals surface area (Å²) in [7, 11) is 0. The molecule has 2 aliphatic heterocycles. The topological polar surface area (TPSA) is 55.1 Å². The Hall–Kier alpha value is -3.65. The highest BCUT2D eigenvalue weighted by Gasteiger charge is 2.22. The highest BCUT2D eigenvalue weighted by Crippen LogP contribution is 2.33. The molecule has 2 aliphatic rings. The summed E-state index contributed by atoms with van der Waals surface area (Å²) in [5.74, 6) is 2.32. The van der Waals surface area contributed by atoms with Gasteiger partial charge in [0.2, 0.25) is 6.79 Å². The van der Waals surface area contributed by atoms with Gasteiger partial charge in [-0.25, -0.2) is 13.9 Å². The second-order valence-corrected chi connectivity index (χ2v) is 8.07. The van der Waals surface area contributed by atoms with Gasteiger partial charge in [0.1, 0.15) is 11.3 Å². The fraction of sp³-hybridized carbons (Fsp3) is 0.250. The summed E-state index contributed by atoms with van der Waals surface area (Å²) in [5.41, 5.74) is 3.87. The second kappa shape index (κ2) is 7.80. The number of anilines is 1. The molecular formula is C24H22FN5O2. The predicted octanol–water partition coefficient (Wildman–Crippen LogP) is 3.59. The van der Waals surface area contributed by atoms with Crippen LogP contribution in [0.1, 0.15) is 5.56 Å². The van der Waals surface area contributed by atoms with Gasteiger partial charge in [-0.3, -0.25) is 4.90 Å². The smallest absolute Gasteiger partial charge is 0.231 e. The van der Waals surface area contributed by atoms with Crippen LogP contribution in [-0.2, 0) is 6.54 Å². The molecule has 8 heteroatoms. The number of fused-ring (bicyclic) bond motifs is 2. The molecule has 0 unspecified atom stereocenters. The fourth-order valence-corrected chi connectivity index (χ4v) is 4.33.